The average molecular weight is 271 g/mol. The van der Waals surface area contributed by atoms with Crippen molar-refractivity contribution >= 4 is 11.4 Å². The van der Waals surface area contributed by atoms with Gasteiger partial charge in [-0.2, -0.15) is 0 Å². The molecule has 5 nitrogen and oxygen atoms in total. The Kier molecular flexibility index (Phi) is 4.30. The fourth-order valence-corrected chi connectivity index (χ4v) is 2.10. The first-order chi connectivity index (χ1) is 9.61. The summed E-state index contributed by atoms with van der Waals surface area (Å²) in [4.78, 5) is 14.7. The van der Waals surface area contributed by atoms with Crippen LogP contribution < -0.4 is 5.32 Å². The molecule has 2 aromatic rings. The van der Waals surface area contributed by atoms with Gasteiger partial charge in [0, 0.05) is 18.3 Å². The zero-order valence-corrected chi connectivity index (χ0v) is 11.5. The third kappa shape index (κ3) is 3.12. The molecule has 1 aromatic heterocycles. The summed E-state index contributed by atoms with van der Waals surface area (Å²) in [5.41, 5.74) is 2.89. The molecule has 0 aliphatic heterocycles. The first-order valence-corrected chi connectivity index (χ1v) is 6.54. The van der Waals surface area contributed by atoms with Gasteiger partial charge in [-0.1, -0.05) is 19.1 Å². The summed E-state index contributed by atoms with van der Waals surface area (Å²) in [5.74, 6) is 0. The molecule has 0 bridgehead atoms. The van der Waals surface area contributed by atoms with Crippen LogP contribution in [0.15, 0.2) is 42.6 Å². The van der Waals surface area contributed by atoms with Gasteiger partial charge in [-0.3, -0.25) is 15.1 Å². The van der Waals surface area contributed by atoms with Gasteiger partial charge in [-0.25, -0.2) is 0 Å². The summed E-state index contributed by atoms with van der Waals surface area (Å²) >= 11 is 0. The van der Waals surface area contributed by atoms with Gasteiger partial charge >= 0.3 is 0 Å². The molecule has 2 rings (SSSR count). The van der Waals surface area contributed by atoms with Crippen molar-refractivity contribution in [3.8, 4) is 0 Å². The summed E-state index contributed by atoms with van der Waals surface area (Å²) in [6, 6.07) is 10.6. The van der Waals surface area contributed by atoms with Crippen molar-refractivity contribution in [2.75, 3.05) is 5.32 Å². The molecule has 0 saturated heterocycles. The monoisotopic (exact) mass is 271 g/mol. The van der Waals surface area contributed by atoms with Crippen LogP contribution in [0.2, 0.25) is 0 Å². The lowest BCUT2D eigenvalue weighted by Gasteiger charge is -2.19. The molecule has 5 heteroatoms. The van der Waals surface area contributed by atoms with Crippen LogP contribution in [-0.2, 0) is 0 Å². The summed E-state index contributed by atoms with van der Waals surface area (Å²) in [7, 11) is 0. The molecule has 1 N–H and O–H groups in total. The van der Waals surface area contributed by atoms with E-state index >= 15 is 0 Å². The van der Waals surface area contributed by atoms with Crippen LogP contribution in [0.5, 0.6) is 0 Å². The molecule has 1 heterocycles. The van der Waals surface area contributed by atoms with Crippen LogP contribution in [0, 0.1) is 17.0 Å². The Labute approximate surface area is 117 Å². The quantitative estimate of drug-likeness (QED) is 0.662. The number of rotatable bonds is 5. The molecule has 0 fully saturated rings. The van der Waals surface area contributed by atoms with Gasteiger partial charge in [0.1, 0.15) is 0 Å². The number of nitro benzene ring substituents is 1. The number of hydrogen-bond donors (Lipinski definition) is 1. The van der Waals surface area contributed by atoms with Crippen molar-refractivity contribution in [2.45, 2.75) is 26.3 Å². The van der Waals surface area contributed by atoms with Gasteiger partial charge in [0.25, 0.3) is 5.69 Å². The third-order valence-corrected chi connectivity index (χ3v) is 3.23. The van der Waals surface area contributed by atoms with E-state index in [0.29, 0.717) is 0 Å². The van der Waals surface area contributed by atoms with Crippen molar-refractivity contribution in [1.82, 2.24) is 4.98 Å². The van der Waals surface area contributed by atoms with E-state index in [1.54, 1.807) is 18.3 Å². The maximum atomic E-state index is 10.9. The number of pyridine rings is 1. The van der Waals surface area contributed by atoms with Gasteiger partial charge in [0.15, 0.2) is 0 Å². The van der Waals surface area contributed by atoms with E-state index in [1.807, 2.05) is 32.0 Å². The molecule has 1 aromatic carbocycles. The summed E-state index contributed by atoms with van der Waals surface area (Å²) in [6.07, 6.45) is 2.57. The van der Waals surface area contributed by atoms with Crippen LogP contribution in [0.25, 0.3) is 0 Å². The zero-order valence-electron chi connectivity index (χ0n) is 11.5. The number of nitrogens with one attached hydrogen (secondary N) is 1. The molecule has 104 valence electrons. The van der Waals surface area contributed by atoms with Gasteiger partial charge in [0.2, 0.25) is 0 Å². The fraction of sp³-hybridized carbons (Fsp3) is 0.267. The number of hydrogen-bond acceptors (Lipinski definition) is 4. The van der Waals surface area contributed by atoms with Crippen molar-refractivity contribution in [2.24, 2.45) is 0 Å². The molecular formula is C15H17N3O2. The van der Waals surface area contributed by atoms with Crippen LogP contribution in [0.4, 0.5) is 11.4 Å². The lowest BCUT2D eigenvalue weighted by atomic mass is 10.0. The Bertz CT molecular complexity index is 614. The highest BCUT2D eigenvalue weighted by molar-refractivity contribution is 5.49. The first-order valence-electron chi connectivity index (χ1n) is 6.54. The highest BCUT2D eigenvalue weighted by Gasteiger charge is 2.14. The minimum atomic E-state index is -0.370. The number of non-ortho nitro benzene ring substituents is 1. The number of aryl methyl sites for hydroxylation is 1. The number of nitrogens with zero attached hydrogens (tertiary/aromatic N) is 2. The predicted octanol–water partition coefficient (Wildman–Crippen LogP) is 3.86. The van der Waals surface area contributed by atoms with Gasteiger partial charge in [0.05, 0.1) is 22.3 Å². The predicted molar refractivity (Wildman–Crippen MR) is 78.7 cm³/mol. The molecule has 0 spiro atoms. The number of aromatic nitrogens is 1. The molecule has 0 saturated carbocycles. The van der Waals surface area contributed by atoms with Crippen molar-refractivity contribution in [3.63, 3.8) is 0 Å². The lowest BCUT2D eigenvalue weighted by Crippen LogP contribution is -2.11. The topological polar surface area (TPSA) is 68.1 Å². The molecule has 1 atom stereocenters. The summed E-state index contributed by atoms with van der Waals surface area (Å²) in [5, 5.41) is 14.2. The summed E-state index contributed by atoms with van der Waals surface area (Å²) < 4.78 is 0. The second-order valence-electron chi connectivity index (χ2n) is 4.59. The smallest absolute Gasteiger partial charge is 0.269 e. The molecule has 0 amide bonds. The van der Waals surface area contributed by atoms with E-state index in [-0.39, 0.29) is 16.7 Å². The number of nitro groups is 1. The normalized spacial score (nSPS) is 11.9. The SMILES string of the molecule is CCC(Nc1cccnc1C)c1cccc([N+](=O)[O-])c1. The largest absolute Gasteiger partial charge is 0.377 e. The molecule has 0 radical (unpaired) electrons. The maximum Gasteiger partial charge on any atom is 0.269 e. The Morgan fingerprint density at radius 3 is 2.80 bits per heavy atom. The molecular weight excluding hydrogens is 254 g/mol. The highest BCUT2D eigenvalue weighted by atomic mass is 16.6. The van der Waals surface area contributed by atoms with Crippen molar-refractivity contribution in [1.29, 1.82) is 0 Å². The van der Waals surface area contributed by atoms with E-state index in [0.717, 1.165) is 23.4 Å². The van der Waals surface area contributed by atoms with Crippen LogP contribution in [0.1, 0.15) is 30.6 Å². The van der Waals surface area contributed by atoms with Crippen LogP contribution in [0.3, 0.4) is 0 Å². The van der Waals surface area contributed by atoms with E-state index < -0.39 is 0 Å². The van der Waals surface area contributed by atoms with Crippen LogP contribution in [-0.4, -0.2) is 9.91 Å². The van der Waals surface area contributed by atoms with E-state index in [2.05, 4.69) is 10.3 Å². The molecule has 0 aliphatic carbocycles. The van der Waals surface area contributed by atoms with Crippen LogP contribution >= 0.6 is 0 Å². The Morgan fingerprint density at radius 1 is 1.35 bits per heavy atom. The molecule has 0 aliphatic rings. The van der Waals surface area contributed by atoms with E-state index in [1.165, 1.54) is 6.07 Å². The summed E-state index contributed by atoms with van der Waals surface area (Å²) in [6.45, 7) is 3.98. The minimum Gasteiger partial charge on any atom is -0.377 e. The standard InChI is InChI=1S/C15H17N3O2/c1-3-14(17-15-8-5-9-16-11(15)2)12-6-4-7-13(10-12)18(19)20/h4-10,14,17H,3H2,1-2H3. The first kappa shape index (κ1) is 14.0. The number of benzene rings is 1. The lowest BCUT2D eigenvalue weighted by molar-refractivity contribution is -0.384. The Balaban J connectivity index is 2.26. The molecule has 20 heavy (non-hydrogen) atoms. The average Bonchev–Trinajstić information content (AvgIpc) is 2.46. The molecule has 1 unspecified atom stereocenters. The minimum absolute atomic E-state index is 0.0257. The third-order valence-electron chi connectivity index (χ3n) is 3.23. The van der Waals surface area contributed by atoms with Gasteiger partial charge < -0.3 is 5.32 Å². The van der Waals surface area contributed by atoms with Gasteiger partial charge in [-0.15, -0.1) is 0 Å². The zero-order chi connectivity index (χ0) is 14.5. The van der Waals surface area contributed by atoms with E-state index in [9.17, 15) is 10.1 Å². The van der Waals surface area contributed by atoms with Crippen molar-refractivity contribution in [3.05, 3.63) is 64.0 Å². The second kappa shape index (κ2) is 6.14. The number of anilines is 1. The Morgan fingerprint density at radius 2 is 2.15 bits per heavy atom. The second-order valence-corrected chi connectivity index (χ2v) is 4.59. The maximum absolute atomic E-state index is 10.9. The fourth-order valence-electron chi connectivity index (χ4n) is 2.10. The van der Waals surface area contributed by atoms with Crippen molar-refractivity contribution < 1.29 is 4.92 Å². The van der Waals surface area contributed by atoms with E-state index in [4.69, 9.17) is 0 Å². The van der Waals surface area contributed by atoms with Gasteiger partial charge in [-0.05, 0) is 31.0 Å². The Hall–Kier alpha value is -2.43. The highest BCUT2D eigenvalue weighted by Crippen LogP contribution is 2.26.